The average molecular weight is 316 g/mol. The smallest absolute Gasteiger partial charge is 0.361 e. The molecule has 22 heavy (non-hydrogen) atoms. The van der Waals surface area contributed by atoms with Crippen molar-refractivity contribution in [3.63, 3.8) is 0 Å². The number of amides is 1. The monoisotopic (exact) mass is 316 g/mol. The number of carbonyl (C=O) groups excluding carboxylic acids is 1. The predicted molar refractivity (Wildman–Crippen MR) is 70.0 cm³/mol. The van der Waals surface area contributed by atoms with Crippen molar-refractivity contribution in [1.82, 2.24) is 19.8 Å². The van der Waals surface area contributed by atoms with E-state index >= 15 is 0 Å². The fraction of sp³-hybridized carbons (Fsp3) is 0.462. The van der Waals surface area contributed by atoms with Gasteiger partial charge >= 0.3 is 6.18 Å². The summed E-state index contributed by atoms with van der Waals surface area (Å²) in [6.45, 7) is 3.49. The van der Waals surface area contributed by atoms with Crippen LogP contribution in [0, 0.1) is 13.8 Å². The Labute approximate surface area is 124 Å². The summed E-state index contributed by atoms with van der Waals surface area (Å²) in [5.74, 6) is -0.236. The first-order valence-corrected chi connectivity index (χ1v) is 6.39. The van der Waals surface area contributed by atoms with Gasteiger partial charge in [-0.2, -0.15) is 18.3 Å². The molecule has 0 fully saturated rings. The van der Waals surface area contributed by atoms with Crippen LogP contribution in [0.25, 0.3) is 0 Å². The van der Waals surface area contributed by atoms with E-state index < -0.39 is 23.3 Å². The number of alkyl halides is 3. The van der Waals surface area contributed by atoms with Gasteiger partial charge in [0.25, 0.3) is 5.91 Å². The molecule has 0 atom stereocenters. The minimum atomic E-state index is -4.68. The molecule has 9 heteroatoms. The lowest BCUT2D eigenvalue weighted by Gasteiger charge is -2.17. The molecule has 2 rings (SSSR count). The van der Waals surface area contributed by atoms with Gasteiger partial charge in [0, 0.05) is 25.9 Å². The first-order chi connectivity index (χ1) is 10.1. The summed E-state index contributed by atoms with van der Waals surface area (Å²) in [5, 5.41) is 7.08. The van der Waals surface area contributed by atoms with Gasteiger partial charge in [0.1, 0.15) is 5.76 Å². The maximum absolute atomic E-state index is 12.9. The van der Waals surface area contributed by atoms with Crippen LogP contribution >= 0.6 is 0 Å². The number of halogens is 3. The van der Waals surface area contributed by atoms with Crippen LogP contribution in [0.3, 0.4) is 0 Å². The Kier molecular flexibility index (Phi) is 3.99. The maximum Gasteiger partial charge on any atom is 0.435 e. The fourth-order valence-electron chi connectivity index (χ4n) is 2.10. The SMILES string of the molecule is Cc1noc(C)c1CN(C)C(=O)c1cn(C)nc1C(F)(F)F. The third kappa shape index (κ3) is 2.97. The Morgan fingerprint density at radius 3 is 2.55 bits per heavy atom. The Morgan fingerprint density at radius 1 is 1.41 bits per heavy atom. The molecule has 0 spiro atoms. The second-order valence-electron chi connectivity index (χ2n) is 5.03. The Balaban J connectivity index is 2.29. The van der Waals surface area contributed by atoms with Crippen molar-refractivity contribution in [2.75, 3.05) is 7.05 Å². The van der Waals surface area contributed by atoms with Gasteiger partial charge in [0.05, 0.1) is 17.8 Å². The molecule has 0 aliphatic carbocycles. The topological polar surface area (TPSA) is 64.2 Å². The molecule has 0 saturated carbocycles. The molecule has 0 unspecified atom stereocenters. The summed E-state index contributed by atoms with van der Waals surface area (Å²) in [6, 6.07) is 0. The zero-order valence-corrected chi connectivity index (χ0v) is 12.5. The van der Waals surface area contributed by atoms with Crippen LogP contribution in [0.1, 0.15) is 33.1 Å². The van der Waals surface area contributed by atoms with Crippen LogP contribution in [-0.4, -0.2) is 32.8 Å². The van der Waals surface area contributed by atoms with Gasteiger partial charge in [-0.1, -0.05) is 5.16 Å². The Hall–Kier alpha value is -2.32. The van der Waals surface area contributed by atoms with E-state index in [0.29, 0.717) is 17.0 Å². The third-order valence-corrected chi connectivity index (χ3v) is 3.25. The summed E-state index contributed by atoms with van der Waals surface area (Å²) in [4.78, 5) is 13.5. The Morgan fingerprint density at radius 2 is 2.05 bits per heavy atom. The normalized spacial score (nSPS) is 11.8. The number of nitrogens with zero attached hydrogens (tertiary/aromatic N) is 4. The van der Waals surface area contributed by atoms with Crippen LogP contribution in [0.4, 0.5) is 13.2 Å². The summed E-state index contributed by atoms with van der Waals surface area (Å²) < 4.78 is 44.7. The van der Waals surface area contributed by atoms with E-state index in [-0.39, 0.29) is 6.54 Å². The highest BCUT2D eigenvalue weighted by Crippen LogP contribution is 2.31. The molecule has 0 aliphatic rings. The van der Waals surface area contributed by atoms with Crippen LogP contribution in [0.15, 0.2) is 10.7 Å². The van der Waals surface area contributed by atoms with Crippen molar-refractivity contribution in [2.24, 2.45) is 7.05 Å². The highest BCUT2D eigenvalue weighted by atomic mass is 19.4. The number of hydrogen-bond donors (Lipinski definition) is 0. The molecule has 2 aromatic heterocycles. The van der Waals surface area contributed by atoms with E-state index in [1.165, 1.54) is 19.0 Å². The van der Waals surface area contributed by atoms with Gasteiger partial charge in [-0.25, -0.2) is 0 Å². The lowest BCUT2D eigenvalue weighted by atomic mass is 10.1. The first-order valence-electron chi connectivity index (χ1n) is 6.39. The number of aromatic nitrogens is 3. The van der Waals surface area contributed by atoms with E-state index in [2.05, 4.69) is 10.3 Å². The molecule has 0 aliphatic heterocycles. The van der Waals surface area contributed by atoms with Crippen LogP contribution in [-0.2, 0) is 19.8 Å². The number of aryl methyl sites for hydroxylation is 3. The van der Waals surface area contributed by atoms with Gasteiger partial charge in [0.2, 0.25) is 0 Å². The van der Waals surface area contributed by atoms with Gasteiger partial charge in [0.15, 0.2) is 5.69 Å². The van der Waals surface area contributed by atoms with Crippen molar-refractivity contribution < 1.29 is 22.5 Å². The summed E-state index contributed by atoms with van der Waals surface area (Å²) in [6.07, 6.45) is -3.62. The van der Waals surface area contributed by atoms with Crippen molar-refractivity contribution in [3.05, 3.63) is 34.5 Å². The predicted octanol–water partition coefficient (Wildman–Crippen LogP) is 2.32. The van der Waals surface area contributed by atoms with E-state index in [9.17, 15) is 18.0 Å². The van der Waals surface area contributed by atoms with Gasteiger partial charge in [-0.3, -0.25) is 9.48 Å². The van der Waals surface area contributed by atoms with E-state index in [1.807, 2.05) is 0 Å². The molecule has 2 aromatic rings. The lowest BCUT2D eigenvalue weighted by molar-refractivity contribution is -0.141. The Bertz CT molecular complexity index is 683. The van der Waals surface area contributed by atoms with Gasteiger partial charge in [-0.05, 0) is 13.8 Å². The third-order valence-electron chi connectivity index (χ3n) is 3.25. The number of rotatable bonds is 3. The standard InChI is InChI=1S/C13H15F3N4O2/c1-7-9(8(2)22-18-7)5-19(3)12(21)10-6-20(4)17-11(10)13(14,15)16/h6H,5H2,1-4H3. The van der Waals surface area contributed by atoms with Crippen molar-refractivity contribution in [2.45, 2.75) is 26.6 Å². The summed E-state index contributed by atoms with van der Waals surface area (Å²) in [5.41, 5.74) is -0.400. The fourth-order valence-corrected chi connectivity index (χ4v) is 2.10. The zero-order chi connectivity index (χ0) is 16.7. The van der Waals surface area contributed by atoms with E-state index in [1.54, 1.807) is 13.8 Å². The molecule has 0 aromatic carbocycles. The number of hydrogen-bond acceptors (Lipinski definition) is 4. The second kappa shape index (κ2) is 5.47. The van der Waals surface area contributed by atoms with Crippen molar-refractivity contribution in [1.29, 1.82) is 0 Å². The molecule has 0 bridgehead atoms. The molecular formula is C13H15F3N4O2. The maximum atomic E-state index is 12.9. The molecule has 0 N–H and O–H groups in total. The average Bonchev–Trinajstić information content (AvgIpc) is 2.95. The highest BCUT2D eigenvalue weighted by Gasteiger charge is 2.39. The van der Waals surface area contributed by atoms with Crippen LogP contribution in [0.2, 0.25) is 0 Å². The van der Waals surface area contributed by atoms with Crippen molar-refractivity contribution >= 4 is 5.91 Å². The van der Waals surface area contributed by atoms with E-state index in [0.717, 1.165) is 10.9 Å². The molecule has 1 amide bonds. The largest absolute Gasteiger partial charge is 0.435 e. The minimum absolute atomic E-state index is 0.103. The van der Waals surface area contributed by atoms with Gasteiger partial charge < -0.3 is 9.42 Å². The zero-order valence-electron chi connectivity index (χ0n) is 12.5. The molecule has 0 radical (unpaired) electrons. The van der Waals surface area contributed by atoms with Crippen molar-refractivity contribution in [3.8, 4) is 0 Å². The summed E-state index contributed by atoms with van der Waals surface area (Å²) in [7, 11) is 2.75. The molecule has 2 heterocycles. The van der Waals surface area contributed by atoms with E-state index in [4.69, 9.17) is 4.52 Å². The first kappa shape index (κ1) is 16.1. The quantitative estimate of drug-likeness (QED) is 0.872. The minimum Gasteiger partial charge on any atom is -0.361 e. The summed E-state index contributed by atoms with van der Waals surface area (Å²) >= 11 is 0. The molecule has 120 valence electrons. The molecular weight excluding hydrogens is 301 g/mol. The van der Waals surface area contributed by atoms with Crippen LogP contribution in [0.5, 0.6) is 0 Å². The molecule has 6 nitrogen and oxygen atoms in total. The second-order valence-corrected chi connectivity index (χ2v) is 5.03. The molecule has 0 saturated heterocycles. The lowest BCUT2D eigenvalue weighted by Crippen LogP contribution is -2.28. The highest BCUT2D eigenvalue weighted by molar-refractivity contribution is 5.95. The number of carbonyl (C=O) groups is 1. The van der Waals surface area contributed by atoms with Crippen LogP contribution < -0.4 is 0 Å². The van der Waals surface area contributed by atoms with Gasteiger partial charge in [-0.15, -0.1) is 0 Å².